The van der Waals surface area contributed by atoms with Crippen LogP contribution in [0, 0.1) is 6.92 Å². The molecule has 0 aliphatic carbocycles. The summed E-state index contributed by atoms with van der Waals surface area (Å²) in [4.78, 5) is 14.8. The Labute approximate surface area is 135 Å². The van der Waals surface area contributed by atoms with Crippen LogP contribution in [0.15, 0.2) is 51.5 Å². The van der Waals surface area contributed by atoms with E-state index in [2.05, 4.69) is 34.0 Å². The van der Waals surface area contributed by atoms with Gasteiger partial charge in [-0.1, -0.05) is 15.9 Å². The molecule has 0 saturated carbocycles. The number of aryl methyl sites for hydroxylation is 1. The third-order valence-corrected chi connectivity index (χ3v) is 4.66. The minimum Gasteiger partial charge on any atom is -0.267 e. The van der Waals surface area contributed by atoms with Gasteiger partial charge in [-0.25, -0.2) is 0 Å². The van der Waals surface area contributed by atoms with Crippen molar-refractivity contribution >= 4 is 50.6 Å². The van der Waals surface area contributed by atoms with E-state index in [9.17, 15) is 4.79 Å². The van der Waals surface area contributed by atoms with Gasteiger partial charge in [0.25, 0.3) is 5.91 Å². The molecule has 1 aromatic carbocycles. The number of hydrogen-bond donors (Lipinski definition) is 0. The van der Waals surface area contributed by atoms with Crippen molar-refractivity contribution in [3.63, 3.8) is 0 Å². The number of hydrazone groups is 1. The molecule has 2 aromatic rings. The van der Waals surface area contributed by atoms with Gasteiger partial charge >= 0.3 is 0 Å². The van der Waals surface area contributed by atoms with Crippen LogP contribution in [-0.4, -0.2) is 11.6 Å². The lowest BCUT2D eigenvalue weighted by Gasteiger charge is -2.11. The van der Waals surface area contributed by atoms with E-state index in [0.29, 0.717) is 5.57 Å². The first-order valence-electron chi connectivity index (χ1n) is 6.48. The first-order valence-corrected chi connectivity index (χ1v) is 8.09. The fourth-order valence-electron chi connectivity index (χ4n) is 2.11. The third kappa shape index (κ3) is 2.84. The first kappa shape index (κ1) is 14.2. The van der Waals surface area contributed by atoms with Crippen molar-refractivity contribution in [2.24, 2.45) is 5.10 Å². The maximum atomic E-state index is 12.5. The number of thiophene rings is 1. The summed E-state index contributed by atoms with van der Waals surface area (Å²) in [6.45, 7) is 3.92. The van der Waals surface area contributed by atoms with E-state index in [-0.39, 0.29) is 5.91 Å². The molecule has 1 aliphatic rings. The molecule has 0 atom stereocenters. The molecule has 0 unspecified atom stereocenters. The van der Waals surface area contributed by atoms with Gasteiger partial charge in [-0.05, 0) is 56.3 Å². The lowest BCUT2D eigenvalue weighted by atomic mass is 10.1. The minimum absolute atomic E-state index is 0.0825. The average molecular weight is 361 g/mol. The van der Waals surface area contributed by atoms with Gasteiger partial charge in [0.1, 0.15) is 0 Å². The number of hydrogen-bond acceptors (Lipinski definition) is 3. The number of rotatable bonds is 2. The van der Waals surface area contributed by atoms with E-state index in [1.54, 1.807) is 11.3 Å². The zero-order valence-corrected chi connectivity index (χ0v) is 14.0. The van der Waals surface area contributed by atoms with E-state index in [4.69, 9.17) is 0 Å². The summed E-state index contributed by atoms with van der Waals surface area (Å²) in [6.07, 6.45) is 1.91. The van der Waals surface area contributed by atoms with Crippen molar-refractivity contribution < 1.29 is 4.79 Å². The lowest BCUT2D eigenvalue weighted by Crippen LogP contribution is -2.21. The number of benzene rings is 1. The number of carbonyl (C=O) groups excluding carboxylic acids is 1. The summed E-state index contributed by atoms with van der Waals surface area (Å²) < 4.78 is 0.975. The summed E-state index contributed by atoms with van der Waals surface area (Å²) in [7, 11) is 0. The molecule has 0 saturated heterocycles. The Morgan fingerprint density at radius 1 is 1.14 bits per heavy atom. The second-order valence-electron chi connectivity index (χ2n) is 4.79. The normalized spacial score (nSPS) is 16.7. The highest BCUT2D eigenvalue weighted by Crippen LogP contribution is 2.27. The predicted octanol–water partition coefficient (Wildman–Crippen LogP) is 4.63. The molecule has 3 rings (SSSR count). The molecule has 0 radical (unpaired) electrons. The van der Waals surface area contributed by atoms with Crippen molar-refractivity contribution in [3.8, 4) is 0 Å². The van der Waals surface area contributed by atoms with E-state index in [1.807, 2.05) is 43.3 Å². The molecule has 1 aromatic heterocycles. The molecule has 0 spiro atoms. The van der Waals surface area contributed by atoms with Gasteiger partial charge in [0.05, 0.1) is 17.0 Å². The maximum absolute atomic E-state index is 12.5. The minimum atomic E-state index is -0.0825. The Bertz CT molecular complexity index is 759. The summed E-state index contributed by atoms with van der Waals surface area (Å²) in [6, 6.07) is 11.6. The van der Waals surface area contributed by atoms with Crippen LogP contribution in [0.25, 0.3) is 6.08 Å². The van der Waals surface area contributed by atoms with Gasteiger partial charge in [-0.15, -0.1) is 11.3 Å². The first-order chi connectivity index (χ1) is 10.0. The highest BCUT2D eigenvalue weighted by Gasteiger charge is 2.28. The molecule has 1 amide bonds. The molecule has 21 heavy (non-hydrogen) atoms. The fourth-order valence-corrected chi connectivity index (χ4v) is 3.20. The largest absolute Gasteiger partial charge is 0.280 e. The Morgan fingerprint density at radius 3 is 2.48 bits per heavy atom. The van der Waals surface area contributed by atoms with Crippen LogP contribution in [0.3, 0.4) is 0 Å². The van der Waals surface area contributed by atoms with Crippen LogP contribution in [0.5, 0.6) is 0 Å². The monoisotopic (exact) mass is 360 g/mol. The van der Waals surface area contributed by atoms with Crippen molar-refractivity contribution in [1.29, 1.82) is 0 Å². The zero-order valence-electron chi connectivity index (χ0n) is 11.6. The van der Waals surface area contributed by atoms with Crippen molar-refractivity contribution in [3.05, 3.63) is 56.2 Å². The average Bonchev–Trinajstić information content (AvgIpc) is 2.98. The highest BCUT2D eigenvalue weighted by atomic mass is 79.9. The Hall–Kier alpha value is -1.72. The Morgan fingerprint density at radius 2 is 1.86 bits per heavy atom. The van der Waals surface area contributed by atoms with Gasteiger partial charge < -0.3 is 0 Å². The van der Waals surface area contributed by atoms with Crippen LogP contribution in [0.2, 0.25) is 0 Å². The second-order valence-corrected chi connectivity index (χ2v) is 7.02. The van der Waals surface area contributed by atoms with Crippen LogP contribution in [0.4, 0.5) is 5.69 Å². The second kappa shape index (κ2) is 5.58. The van der Waals surface area contributed by atoms with Gasteiger partial charge in [0, 0.05) is 14.2 Å². The molecule has 5 heteroatoms. The summed E-state index contributed by atoms with van der Waals surface area (Å²) in [5.74, 6) is -0.0825. The Balaban J connectivity index is 1.93. The SMILES string of the molecule is CC1=NN(c2ccc(Br)cc2)C(=O)C1=Cc1ccc(C)s1. The summed E-state index contributed by atoms with van der Waals surface area (Å²) in [5, 5.41) is 5.83. The molecule has 2 heterocycles. The number of nitrogens with zero attached hydrogens (tertiary/aromatic N) is 2. The zero-order chi connectivity index (χ0) is 15.0. The predicted molar refractivity (Wildman–Crippen MR) is 91.8 cm³/mol. The van der Waals surface area contributed by atoms with E-state index in [0.717, 1.165) is 20.7 Å². The molecular formula is C16H13BrN2OS. The van der Waals surface area contributed by atoms with Gasteiger partial charge in [0.2, 0.25) is 0 Å². The van der Waals surface area contributed by atoms with Gasteiger partial charge in [-0.2, -0.15) is 10.1 Å². The molecule has 0 N–H and O–H groups in total. The van der Waals surface area contributed by atoms with Crippen molar-refractivity contribution in [2.75, 3.05) is 5.01 Å². The molecule has 1 aliphatic heterocycles. The number of amides is 1. The van der Waals surface area contributed by atoms with E-state index in [1.165, 1.54) is 9.89 Å². The fraction of sp³-hybridized carbons (Fsp3) is 0.125. The quantitative estimate of drug-likeness (QED) is 0.718. The Kier molecular flexibility index (Phi) is 3.78. The highest BCUT2D eigenvalue weighted by molar-refractivity contribution is 9.10. The standard InChI is InChI=1S/C16H13BrN2OS/c1-10-3-8-14(21-10)9-15-11(2)18-19(16(15)20)13-6-4-12(17)5-7-13/h3-9H,1-2H3. The topological polar surface area (TPSA) is 32.7 Å². The van der Waals surface area contributed by atoms with Crippen LogP contribution in [0.1, 0.15) is 16.7 Å². The smallest absolute Gasteiger partial charge is 0.267 e. The molecule has 0 fully saturated rings. The van der Waals surface area contributed by atoms with Gasteiger partial charge in [0.15, 0.2) is 0 Å². The van der Waals surface area contributed by atoms with Crippen LogP contribution in [-0.2, 0) is 4.79 Å². The van der Waals surface area contributed by atoms with Crippen LogP contribution < -0.4 is 5.01 Å². The van der Waals surface area contributed by atoms with Crippen molar-refractivity contribution in [2.45, 2.75) is 13.8 Å². The van der Waals surface area contributed by atoms with Crippen LogP contribution >= 0.6 is 27.3 Å². The lowest BCUT2D eigenvalue weighted by molar-refractivity contribution is -0.114. The maximum Gasteiger partial charge on any atom is 0.280 e. The number of halogens is 1. The number of carbonyl (C=O) groups is 1. The summed E-state index contributed by atoms with van der Waals surface area (Å²) >= 11 is 5.06. The molecule has 0 bridgehead atoms. The van der Waals surface area contributed by atoms with Gasteiger partial charge in [-0.3, -0.25) is 4.79 Å². The molecular weight excluding hydrogens is 348 g/mol. The summed E-state index contributed by atoms with van der Waals surface area (Å²) in [5.41, 5.74) is 2.17. The van der Waals surface area contributed by atoms with E-state index < -0.39 is 0 Å². The number of anilines is 1. The molecule has 3 nitrogen and oxygen atoms in total. The van der Waals surface area contributed by atoms with E-state index >= 15 is 0 Å². The third-order valence-electron chi connectivity index (χ3n) is 3.18. The molecule has 106 valence electrons. The van der Waals surface area contributed by atoms with Crippen molar-refractivity contribution in [1.82, 2.24) is 0 Å².